The lowest BCUT2D eigenvalue weighted by atomic mass is 10.4. The molecule has 0 fully saturated rings. The number of nitrogens with zero attached hydrogens (tertiary/aromatic N) is 2. The van der Waals surface area contributed by atoms with Crippen LogP contribution in [0.15, 0.2) is 22.9 Å². The van der Waals surface area contributed by atoms with Crippen LogP contribution in [0.3, 0.4) is 0 Å². The van der Waals surface area contributed by atoms with Crippen molar-refractivity contribution in [2.45, 2.75) is 0 Å². The van der Waals surface area contributed by atoms with Crippen LogP contribution in [0.1, 0.15) is 0 Å². The van der Waals surface area contributed by atoms with Gasteiger partial charge in [0.2, 0.25) is 0 Å². The van der Waals surface area contributed by atoms with Crippen molar-refractivity contribution in [2.24, 2.45) is 0 Å². The second-order valence-corrected chi connectivity index (χ2v) is 2.32. The number of aromatic nitrogens is 1. The van der Waals surface area contributed by atoms with Crippen LogP contribution >= 0.6 is 15.9 Å². The summed E-state index contributed by atoms with van der Waals surface area (Å²) in [4.78, 5) is 13.3. The van der Waals surface area contributed by atoms with Crippen LogP contribution in [-0.4, -0.2) is 9.91 Å². The highest BCUT2D eigenvalue weighted by Gasteiger charge is 2.09. The molecule has 52 valence electrons. The average molecular weight is 203 g/mol. The largest absolute Gasteiger partial charge is 0.301 e. The molecular weight excluding hydrogens is 200 g/mol. The van der Waals surface area contributed by atoms with Crippen LogP contribution in [0.5, 0.6) is 0 Å². The van der Waals surface area contributed by atoms with Crippen LogP contribution in [0, 0.1) is 10.1 Å². The smallest absolute Gasteiger partial charge is 0.258 e. The molecule has 0 unspecified atom stereocenters. The molecule has 1 aromatic heterocycles. The van der Waals surface area contributed by atoms with Gasteiger partial charge in [-0.05, 0) is 22.0 Å². The first-order valence-corrected chi connectivity index (χ1v) is 3.26. The summed E-state index contributed by atoms with van der Waals surface area (Å²) < 4.78 is 0.264. The highest BCUT2D eigenvalue weighted by molar-refractivity contribution is 9.10. The summed E-state index contributed by atoms with van der Waals surface area (Å²) in [5, 5.41) is 10.2. The minimum absolute atomic E-state index is 0.0116. The van der Waals surface area contributed by atoms with Gasteiger partial charge in [-0.1, -0.05) is 0 Å². The molecule has 0 spiro atoms. The lowest BCUT2D eigenvalue weighted by molar-refractivity contribution is -0.386. The average Bonchev–Trinajstić information content (AvgIpc) is 1.88. The lowest BCUT2D eigenvalue weighted by Crippen LogP contribution is -1.89. The van der Waals surface area contributed by atoms with Gasteiger partial charge in [0, 0.05) is 12.3 Å². The van der Waals surface area contributed by atoms with Crippen LogP contribution in [-0.2, 0) is 0 Å². The Morgan fingerprint density at radius 3 is 2.80 bits per heavy atom. The minimum atomic E-state index is -0.489. The van der Waals surface area contributed by atoms with E-state index < -0.39 is 4.92 Å². The monoisotopic (exact) mass is 202 g/mol. The first kappa shape index (κ1) is 7.14. The normalized spacial score (nSPS) is 9.30. The maximum atomic E-state index is 10.2. The van der Waals surface area contributed by atoms with Gasteiger partial charge in [0.1, 0.15) is 0 Å². The standard InChI is InChI=1S/C5H3BrN2O2/c6-5-4(8(9)10)2-1-3-7-5/h1-3H. The van der Waals surface area contributed by atoms with Crippen molar-refractivity contribution in [3.8, 4) is 0 Å². The maximum Gasteiger partial charge on any atom is 0.301 e. The van der Waals surface area contributed by atoms with E-state index in [0.29, 0.717) is 0 Å². The third-order valence-electron chi connectivity index (χ3n) is 0.936. The molecular formula is C5H3BrN2O2. The summed E-state index contributed by atoms with van der Waals surface area (Å²) in [5.74, 6) is 0. The number of hydrogen-bond acceptors (Lipinski definition) is 3. The van der Waals surface area contributed by atoms with Gasteiger partial charge in [-0.2, -0.15) is 0 Å². The second-order valence-electron chi connectivity index (χ2n) is 1.57. The Kier molecular flexibility index (Phi) is 1.96. The van der Waals surface area contributed by atoms with E-state index in [1.165, 1.54) is 18.3 Å². The van der Waals surface area contributed by atoms with Gasteiger partial charge in [0.15, 0.2) is 4.60 Å². The molecule has 0 saturated carbocycles. The van der Waals surface area contributed by atoms with E-state index in [9.17, 15) is 10.1 Å². The van der Waals surface area contributed by atoms with Gasteiger partial charge >= 0.3 is 5.69 Å². The zero-order valence-electron chi connectivity index (χ0n) is 4.82. The zero-order valence-corrected chi connectivity index (χ0v) is 6.41. The van der Waals surface area contributed by atoms with Crippen molar-refractivity contribution in [1.29, 1.82) is 0 Å². The minimum Gasteiger partial charge on any atom is -0.258 e. The van der Waals surface area contributed by atoms with E-state index in [1.54, 1.807) is 0 Å². The van der Waals surface area contributed by atoms with Crippen LogP contribution in [0.2, 0.25) is 0 Å². The van der Waals surface area contributed by atoms with Crippen molar-refractivity contribution in [3.63, 3.8) is 0 Å². The van der Waals surface area contributed by atoms with Gasteiger partial charge in [0.05, 0.1) is 4.92 Å². The molecule has 0 radical (unpaired) electrons. The zero-order chi connectivity index (χ0) is 7.56. The van der Waals surface area contributed by atoms with Gasteiger partial charge in [-0.15, -0.1) is 0 Å². The Balaban J connectivity index is 3.15. The highest BCUT2D eigenvalue weighted by Crippen LogP contribution is 2.19. The molecule has 1 rings (SSSR count). The van der Waals surface area contributed by atoms with Crippen molar-refractivity contribution in [2.75, 3.05) is 0 Å². The second kappa shape index (κ2) is 2.74. The van der Waals surface area contributed by atoms with Gasteiger partial charge in [-0.3, -0.25) is 10.1 Å². The summed E-state index contributed by atoms with van der Waals surface area (Å²) in [6.45, 7) is 0. The molecule has 0 aliphatic carbocycles. The quantitative estimate of drug-likeness (QED) is 0.396. The van der Waals surface area contributed by atoms with Crippen LogP contribution in [0.4, 0.5) is 5.69 Å². The Morgan fingerprint density at radius 1 is 1.70 bits per heavy atom. The molecule has 0 aliphatic rings. The van der Waals surface area contributed by atoms with Crippen molar-refractivity contribution in [3.05, 3.63) is 33.0 Å². The number of pyridine rings is 1. The Labute approximate surface area is 65.2 Å². The molecule has 0 bridgehead atoms. The first-order chi connectivity index (χ1) is 4.72. The van der Waals surface area contributed by atoms with E-state index in [-0.39, 0.29) is 10.3 Å². The molecule has 1 aromatic rings. The molecule has 0 saturated heterocycles. The van der Waals surface area contributed by atoms with E-state index in [1.807, 2.05) is 0 Å². The summed E-state index contributed by atoms with van der Waals surface area (Å²) in [6.07, 6.45) is 1.48. The molecule has 0 N–H and O–H groups in total. The summed E-state index contributed by atoms with van der Waals surface area (Å²) in [7, 11) is 0. The number of nitro groups is 1. The fourth-order valence-corrected chi connectivity index (χ4v) is 0.909. The summed E-state index contributed by atoms with van der Waals surface area (Å²) in [6, 6.07) is 2.90. The van der Waals surface area contributed by atoms with Crippen molar-refractivity contribution >= 4 is 21.6 Å². The van der Waals surface area contributed by atoms with E-state index in [2.05, 4.69) is 20.9 Å². The number of halogens is 1. The topological polar surface area (TPSA) is 56.0 Å². The SMILES string of the molecule is O=[N+]([O-])c1cccnc1Br. The van der Waals surface area contributed by atoms with Gasteiger partial charge in [0.25, 0.3) is 0 Å². The number of rotatable bonds is 1. The third kappa shape index (κ3) is 1.30. The fraction of sp³-hybridized carbons (Fsp3) is 0. The maximum absolute atomic E-state index is 10.2. The fourth-order valence-electron chi connectivity index (χ4n) is 0.514. The molecule has 10 heavy (non-hydrogen) atoms. The molecule has 4 nitrogen and oxygen atoms in total. The Bertz CT molecular complexity index is 264. The molecule has 0 aromatic carbocycles. The Hall–Kier alpha value is -0.970. The predicted octanol–water partition coefficient (Wildman–Crippen LogP) is 1.75. The molecule has 0 aliphatic heterocycles. The summed E-state index contributed by atoms with van der Waals surface area (Å²) in [5.41, 5.74) is -0.0116. The van der Waals surface area contributed by atoms with Crippen LogP contribution in [0.25, 0.3) is 0 Å². The first-order valence-electron chi connectivity index (χ1n) is 2.46. The van der Waals surface area contributed by atoms with E-state index in [0.717, 1.165) is 0 Å². The summed E-state index contributed by atoms with van der Waals surface area (Å²) >= 11 is 2.94. The van der Waals surface area contributed by atoms with E-state index in [4.69, 9.17) is 0 Å². The van der Waals surface area contributed by atoms with Gasteiger partial charge < -0.3 is 0 Å². The van der Waals surface area contributed by atoms with Crippen LogP contribution < -0.4 is 0 Å². The van der Waals surface area contributed by atoms with Crippen molar-refractivity contribution < 1.29 is 4.92 Å². The number of hydrogen-bond donors (Lipinski definition) is 0. The third-order valence-corrected chi connectivity index (χ3v) is 1.55. The van der Waals surface area contributed by atoms with Gasteiger partial charge in [-0.25, -0.2) is 4.98 Å². The van der Waals surface area contributed by atoms with Crippen molar-refractivity contribution in [1.82, 2.24) is 4.98 Å². The predicted molar refractivity (Wildman–Crippen MR) is 38.6 cm³/mol. The van der Waals surface area contributed by atoms with E-state index >= 15 is 0 Å². The lowest BCUT2D eigenvalue weighted by Gasteiger charge is -1.90. The molecule has 5 heteroatoms. The molecule has 0 atom stereocenters. The highest BCUT2D eigenvalue weighted by atomic mass is 79.9. The molecule has 1 heterocycles. The Morgan fingerprint density at radius 2 is 2.40 bits per heavy atom. The molecule has 0 amide bonds.